The minimum absolute atomic E-state index is 0.0647. The number of carbonyl (C=O) groups excluding carboxylic acids is 1. The number of rotatable bonds is 1. The van der Waals surface area contributed by atoms with Crippen LogP contribution in [0, 0.1) is 0 Å². The molecule has 2 aliphatic rings. The van der Waals surface area contributed by atoms with Gasteiger partial charge in [0.1, 0.15) is 5.60 Å². The van der Waals surface area contributed by atoms with Gasteiger partial charge in [0.15, 0.2) is 0 Å². The minimum Gasteiger partial charge on any atom is -0.380 e. The van der Waals surface area contributed by atoms with E-state index in [-0.39, 0.29) is 18.1 Å². The summed E-state index contributed by atoms with van der Waals surface area (Å²) < 4.78 is 5.61. The van der Waals surface area contributed by atoms with Crippen molar-refractivity contribution in [3.8, 4) is 0 Å². The summed E-state index contributed by atoms with van der Waals surface area (Å²) in [6, 6.07) is 0. The highest BCUT2D eigenvalue weighted by Crippen LogP contribution is 2.30. The first kappa shape index (κ1) is 12.8. The van der Waals surface area contributed by atoms with Crippen LogP contribution in [0.2, 0.25) is 0 Å². The molecular weight excluding hydrogens is 218 g/mol. The number of nitrogens with zero attached hydrogens (tertiary/aromatic N) is 1. The third-order valence-electron chi connectivity index (χ3n) is 3.79. The largest absolute Gasteiger partial charge is 0.380 e. The van der Waals surface area contributed by atoms with Gasteiger partial charge in [-0.25, -0.2) is 0 Å². The average molecular weight is 241 g/mol. The molecule has 4 heteroatoms. The van der Waals surface area contributed by atoms with E-state index in [2.05, 4.69) is 0 Å². The molecule has 1 aliphatic heterocycles. The molecule has 2 atom stereocenters. The van der Waals surface area contributed by atoms with Crippen molar-refractivity contribution in [1.29, 1.82) is 0 Å². The van der Waals surface area contributed by atoms with Gasteiger partial charge in [-0.3, -0.25) is 4.79 Å². The molecule has 17 heavy (non-hydrogen) atoms. The van der Waals surface area contributed by atoms with E-state index in [9.17, 15) is 9.90 Å². The van der Waals surface area contributed by atoms with Gasteiger partial charge in [-0.15, -0.1) is 0 Å². The molecule has 1 aliphatic carbocycles. The molecule has 1 N–H and O–H groups in total. The Morgan fingerprint density at radius 1 is 1.18 bits per heavy atom. The lowest BCUT2D eigenvalue weighted by molar-refractivity contribution is -0.165. The molecule has 0 spiro atoms. The van der Waals surface area contributed by atoms with Crippen LogP contribution in [0.3, 0.4) is 0 Å². The number of amides is 1. The molecule has 2 rings (SSSR count). The Labute approximate surface area is 103 Å². The standard InChI is InChI=1S/C13H23NO3/c1-10-8-14(9-11(2)17-10)12(15)13(16)6-4-3-5-7-13/h10-11,16H,3-9H2,1-2H3. The molecule has 4 nitrogen and oxygen atoms in total. The third-order valence-corrected chi connectivity index (χ3v) is 3.79. The topological polar surface area (TPSA) is 49.8 Å². The quantitative estimate of drug-likeness (QED) is 0.753. The van der Waals surface area contributed by atoms with Gasteiger partial charge in [0.05, 0.1) is 12.2 Å². The summed E-state index contributed by atoms with van der Waals surface area (Å²) in [6.45, 7) is 5.15. The first-order chi connectivity index (χ1) is 8.01. The Balaban J connectivity index is 2.03. The van der Waals surface area contributed by atoms with E-state index in [1.807, 2.05) is 13.8 Å². The number of aliphatic hydroxyl groups is 1. The number of hydrogen-bond acceptors (Lipinski definition) is 3. The predicted octanol–water partition coefficient (Wildman–Crippen LogP) is 1.32. The van der Waals surface area contributed by atoms with Crippen molar-refractivity contribution < 1.29 is 14.6 Å². The van der Waals surface area contributed by atoms with E-state index in [4.69, 9.17) is 4.74 Å². The van der Waals surface area contributed by atoms with Gasteiger partial charge in [-0.2, -0.15) is 0 Å². The van der Waals surface area contributed by atoms with Crippen molar-refractivity contribution in [3.63, 3.8) is 0 Å². The predicted molar refractivity (Wildman–Crippen MR) is 64.6 cm³/mol. The zero-order valence-electron chi connectivity index (χ0n) is 10.8. The highest BCUT2D eigenvalue weighted by Gasteiger charge is 2.41. The summed E-state index contributed by atoms with van der Waals surface area (Å²) in [7, 11) is 0. The molecule has 0 radical (unpaired) electrons. The van der Waals surface area contributed by atoms with Crippen molar-refractivity contribution in [2.75, 3.05) is 13.1 Å². The van der Waals surface area contributed by atoms with Gasteiger partial charge in [-0.05, 0) is 26.7 Å². The Bertz CT molecular complexity index is 276. The van der Waals surface area contributed by atoms with Crippen molar-refractivity contribution >= 4 is 5.91 Å². The summed E-state index contributed by atoms with van der Waals surface area (Å²) in [5.41, 5.74) is -1.10. The van der Waals surface area contributed by atoms with Gasteiger partial charge in [0.25, 0.3) is 5.91 Å². The zero-order valence-corrected chi connectivity index (χ0v) is 10.8. The monoisotopic (exact) mass is 241 g/mol. The number of morpholine rings is 1. The molecule has 1 heterocycles. The van der Waals surface area contributed by atoms with Gasteiger partial charge >= 0.3 is 0 Å². The van der Waals surface area contributed by atoms with E-state index in [1.54, 1.807) is 4.90 Å². The molecular formula is C13H23NO3. The lowest BCUT2D eigenvalue weighted by Crippen LogP contribution is -2.56. The van der Waals surface area contributed by atoms with Crippen LogP contribution in [-0.4, -0.2) is 46.8 Å². The fourth-order valence-corrected chi connectivity index (χ4v) is 2.99. The molecule has 2 unspecified atom stereocenters. The van der Waals surface area contributed by atoms with Crippen LogP contribution < -0.4 is 0 Å². The maximum absolute atomic E-state index is 12.4. The number of hydrogen-bond donors (Lipinski definition) is 1. The summed E-state index contributed by atoms with van der Waals surface area (Å²) in [5, 5.41) is 10.4. The van der Waals surface area contributed by atoms with Crippen molar-refractivity contribution in [2.45, 2.75) is 63.8 Å². The molecule has 2 fully saturated rings. The summed E-state index contributed by atoms with van der Waals surface area (Å²) in [4.78, 5) is 14.2. The smallest absolute Gasteiger partial charge is 0.254 e. The van der Waals surface area contributed by atoms with Crippen molar-refractivity contribution in [2.24, 2.45) is 0 Å². The van der Waals surface area contributed by atoms with Crippen LogP contribution in [0.4, 0.5) is 0 Å². The van der Waals surface area contributed by atoms with E-state index < -0.39 is 5.60 Å². The molecule has 0 aromatic heterocycles. The van der Waals surface area contributed by atoms with Crippen LogP contribution >= 0.6 is 0 Å². The SMILES string of the molecule is CC1CN(C(=O)C2(O)CCCCC2)CC(C)O1. The second-order valence-electron chi connectivity index (χ2n) is 5.56. The Kier molecular flexibility index (Phi) is 3.73. The summed E-state index contributed by atoms with van der Waals surface area (Å²) in [5.74, 6) is -0.0841. The maximum Gasteiger partial charge on any atom is 0.254 e. The zero-order chi connectivity index (χ0) is 12.5. The molecule has 0 aromatic rings. The van der Waals surface area contributed by atoms with Gasteiger partial charge in [0.2, 0.25) is 0 Å². The Hall–Kier alpha value is -0.610. The summed E-state index contributed by atoms with van der Waals surface area (Å²) in [6.07, 6.45) is 4.41. The second kappa shape index (κ2) is 4.94. The lowest BCUT2D eigenvalue weighted by atomic mass is 9.83. The van der Waals surface area contributed by atoms with E-state index in [0.717, 1.165) is 19.3 Å². The van der Waals surface area contributed by atoms with Gasteiger partial charge < -0.3 is 14.7 Å². The van der Waals surface area contributed by atoms with Gasteiger partial charge in [0, 0.05) is 13.1 Å². The lowest BCUT2D eigenvalue weighted by Gasteiger charge is -2.41. The number of ether oxygens (including phenoxy) is 1. The highest BCUT2D eigenvalue weighted by molar-refractivity contribution is 5.85. The molecule has 0 aromatic carbocycles. The molecule has 1 saturated heterocycles. The first-order valence-corrected chi connectivity index (χ1v) is 6.68. The van der Waals surface area contributed by atoms with E-state index in [0.29, 0.717) is 25.9 Å². The molecule has 0 bridgehead atoms. The van der Waals surface area contributed by atoms with Crippen LogP contribution in [-0.2, 0) is 9.53 Å². The minimum atomic E-state index is -1.10. The maximum atomic E-state index is 12.4. The van der Waals surface area contributed by atoms with Crippen molar-refractivity contribution in [3.05, 3.63) is 0 Å². The molecule has 98 valence electrons. The van der Waals surface area contributed by atoms with E-state index in [1.165, 1.54) is 0 Å². The normalized spacial score (nSPS) is 33.5. The second-order valence-corrected chi connectivity index (χ2v) is 5.56. The summed E-state index contributed by atoms with van der Waals surface area (Å²) >= 11 is 0. The molecule has 1 saturated carbocycles. The Morgan fingerprint density at radius 3 is 2.24 bits per heavy atom. The average Bonchev–Trinajstić information content (AvgIpc) is 2.27. The van der Waals surface area contributed by atoms with E-state index >= 15 is 0 Å². The van der Waals surface area contributed by atoms with Crippen LogP contribution in [0.15, 0.2) is 0 Å². The van der Waals surface area contributed by atoms with Crippen LogP contribution in [0.25, 0.3) is 0 Å². The van der Waals surface area contributed by atoms with Crippen LogP contribution in [0.5, 0.6) is 0 Å². The van der Waals surface area contributed by atoms with Crippen molar-refractivity contribution in [1.82, 2.24) is 4.90 Å². The Morgan fingerprint density at radius 2 is 1.71 bits per heavy atom. The third kappa shape index (κ3) is 2.80. The first-order valence-electron chi connectivity index (χ1n) is 6.68. The number of carbonyl (C=O) groups is 1. The van der Waals surface area contributed by atoms with Crippen LogP contribution in [0.1, 0.15) is 46.0 Å². The highest BCUT2D eigenvalue weighted by atomic mass is 16.5. The van der Waals surface area contributed by atoms with Gasteiger partial charge in [-0.1, -0.05) is 19.3 Å². The fraction of sp³-hybridized carbons (Fsp3) is 0.923. The molecule has 1 amide bonds. The fourth-order valence-electron chi connectivity index (χ4n) is 2.99.